The molecule has 1 N–H and O–H groups in total. The number of esters is 1. The van der Waals surface area contributed by atoms with Gasteiger partial charge in [-0.3, -0.25) is 4.79 Å². The molecule has 1 atom stereocenters. The molecule has 1 aliphatic rings. The molecule has 16 heavy (non-hydrogen) atoms. The lowest BCUT2D eigenvalue weighted by atomic mass is 9.83. The highest BCUT2D eigenvalue weighted by Crippen LogP contribution is 2.29. The maximum atomic E-state index is 11.7. The number of alkyl halides is 1. The first-order valence-electron chi connectivity index (χ1n) is 6.05. The van der Waals surface area contributed by atoms with Crippen molar-refractivity contribution in [3.8, 4) is 0 Å². The van der Waals surface area contributed by atoms with Crippen molar-refractivity contribution in [2.24, 2.45) is 5.92 Å². The van der Waals surface area contributed by atoms with Crippen LogP contribution in [0.1, 0.15) is 40.0 Å². The van der Waals surface area contributed by atoms with Gasteiger partial charge in [-0.25, -0.2) is 0 Å². The van der Waals surface area contributed by atoms with Gasteiger partial charge in [0.25, 0.3) is 0 Å². The molecule has 1 saturated heterocycles. The number of hydrogen-bond acceptors (Lipinski definition) is 3. The van der Waals surface area contributed by atoms with E-state index >= 15 is 0 Å². The van der Waals surface area contributed by atoms with E-state index in [2.05, 4.69) is 21.2 Å². The van der Waals surface area contributed by atoms with Crippen molar-refractivity contribution in [1.29, 1.82) is 0 Å². The van der Waals surface area contributed by atoms with Gasteiger partial charge in [0, 0.05) is 5.92 Å². The fourth-order valence-electron chi connectivity index (χ4n) is 2.09. The van der Waals surface area contributed by atoms with Crippen LogP contribution in [0.15, 0.2) is 0 Å². The van der Waals surface area contributed by atoms with Gasteiger partial charge in [0.1, 0.15) is 10.4 Å². The Morgan fingerprint density at radius 3 is 2.56 bits per heavy atom. The van der Waals surface area contributed by atoms with Crippen LogP contribution in [-0.4, -0.2) is 29.5 Å². The van der Waals surface area contributed by atoms with E-state index in [-0.39, 0.29) is 16.4 Å². The van der Waals surface area contributed by atoms with Crippen LogP contribution in [0.4, 0.5) is 0 Å². The van der Waals surface area contributed by atoms with Gasteiger partial charge in [0.15, 0.2) is 0 Å². The Morgan fingerprint density at radius 1 is 1.50 bits per heavy atom. The Labute approximate surface area is 106 Å². The molecule has 0 aromatic carbocycles. The molecule has 0 spiro atoms. The van der Waals surface area contributed by atoms with Crippen molar-refractivity contribution >= 4 is 21.9 Å². The Morgan fingerprint density at radius 2 is 2.06 bits per heavy atom. The lowest BCUT2D eigenvalue weighted by Gasteiger charge is -2.37. The minimum absolute atomic E-state index is 0.133. The lowest BCUT2D eigenvalue weighted by molar-refractivity contribution is -0.161. The van der Waals surface area contributed by atoms with E-state index in [0.29, 0.717) is 5.92 Å². The Hall–Kier alpha value is -0.0900. The average molecular weight is 292 g/mol. The van der Waals surface area contributed by atoms with E-state index in [1.807, 2.05) is 20.8 Å². The van der Waals surface area contributed by atoms with E-state index < -0.39 is 0 Å². The van der Waals surface area contributed by atoms with Gasteiger partial charge in [-0.15, -0.1) is 0 Å². The second kappa shape index (κ2) is 6.01. The standard InChI is InChI=1S/C12H22BrNO2/c1-4-10(13)11(15)16-12(2,3)9-5-7-14-8-6-9/h9-10,14H,4-8H2,1-3H3. The number of nitrogens with one attached hydrogen (secondary N) is 1. The van der Waals surface area contributed by atoms with Crippen LogP contribution in [0.2, 0.25) is 0 Å². The van der Waals surface area contributed by atoms with Crippen molar-refractivity contribution in [2.45, 2.75) is 50.5 Å². The first-order valence-corrected chi connectivity index (χ1v) is 6.96. The van der Waals surface area contributed by atoms with Gasteiger partial charge in [-0.1, -0.05) is 22.9 Å². The molecule has 0 amide bonds. The summed E-state index contributed by atoms with van der Waals surface area (Å²) in [5, 5.41) is 3.32. The molecule has 1 rings (SSSR count). The Bertz CT molecular complexity index is 237. The summed E-state index contributed by atoms with van der Waals surface area (Å²) in [6.45, 7) is 8.07. The molecule has 94 valence electrons. The van der Waals surface area contributed by atoms with E-state index in [1.54, 1.807) is 0 Å². The molecule has 0 aliphatic carbocycles. The highest BCUT2D eigenvalue weighted by Gasteiger charge is 2.35. The quantitative estimate of drug-likeness (QED) is 0.639. The van der Waals surface area contributed by atoms with Crippen LogP contribution in [0.25, 0.3) is 0 Å². The zero-order chi connectivity index (χ0) is 12.2. The van der Waals surface area contributed by atoms with Crippen molar-refractivity contribution < 1.29 is 9.53 Å². The zero-order valence-corrected chi connectivity index (χ0v) is 12.0. The van der Waals surface area contributed by atoms with Gasteiger partial charge in [-0.05, 0) is 46.2 Å². The number of carbonyl (C=O) groups is 1. The molecule has 0 aromatic rings. The maximum Gasteiger partial charge on any atom is 0.320 e. The Kier molecular flexibility index (Phi) is 5.25. The number of halogens is 1. The largest absolute Gasteiger partial charge is 0.459 e. The highest BCUT2D eigenvalue weighted by atomic mass is 79.9. The summed E-state index contributed by atoms with van der Waals surface area (Å²) in [6, 6.07) is 0. The van der Waals surface area contributed by atoms with Crippen LogP contribution in [-0.2, 0) is 9.53 Å². The molecule has 4 heteroatoms. The molecular formula is C12H22BrNO2. The van der Waals surface area contributed by atoms with E-state index in [1.165, 1.54) is 0 Å². The predicted molar refractivity (Wildman–Crippen MR) is 68.8 cm³/mol. The average Bonchev–Trinajstić information content (AvgIpc) is 2.28. The van der Waals surface area contributed by atoms with Crippen LogP contribution >= 0.6 is 15.9 Å². The Balaban J connectivity index is 2.52. The second-order valence-electron chi connectivity index (χ2n) is 4.92. The number of piperidine rings is 1. The smallest absolute Gasteiger partial charge is 0.320 e. The molecule has 3 nitrogen and oxygen atoms in total. The molecule has 1 aliphatic heterocycles. The topological polar surface area (TPSA) is 38.3 Å². The molecule has 0 bridgehead atoms. The number of carbonyl (C=O) groups excluding carboxylic acids is 1. The van der Waals surface area contributed by atoms with Crippen molar-refractivity contribution in [2.75, 3.05) is 13.1 Å². The summed E-state index contributed by atoms with van der Waals surface area (Å²) in [5.41, 5.74) is -0.347. The summed E-state index contributed by atoms with van der Waals surface area (Å²) in [7, 11) is 0. The number of rotatable bonds is 4. The number of ether oxygens (including phenoxy) is 1. The molecule has 1 fully saturated rings. The van der Waals surface area contributed by atoms with E-state index in [0.717, 1.165) is 32.4 Å². The third-order valence-corrected chi connectivity index (χ3v) is 4.32. The van der Waals surface area contributed by atoms with Gasteiger partial charge in [0.05, 0.1) is 0 Å². The number of hydrogen-bond donors (Lipinski definition) is 1. The normalized spacial score (nSPS) is 20.5. The van der Waals surface area contributed by atoms with Gasteiger partial charge in [0.2, 0.25) is 0 Å². The fourth-order valence-corrected chi connectivity index (χ4v) is 2.18. The fraction of sp³-hybridized carbons (Fsp3) is 0.917. The third kappa shape index (κ3) is 3.74. The molecule has 0 saturated carbocycles. The second-order valence-corrected chi connectivity index (χ2v) is 6.03. The molecular weight excluding hydrogens is 270 g/mol. The van der Waals surface area contributed by atoms with Crippen molar-refractivity contribution in [3.63, 3.8) is 0 Å². The monoisotopic (exact) mass is 291 g/mol. The molecule has 0 radical (unpaired) electrons. The van der Waals surface area contributed by atoms with Gasteiger partial charge >= 0.3 is 5.97 Å². The zero-order valence-electron chi connectivity index (χ0n) is 10.4. The predicted octanol–water partition coefficient (Wildman–Crippen LogP) is 2.48. The molecule has 0 aromatic heterocycles. The molecule has 1 heterocycles. The first-order chi connectivity index (χ1) is 7.47. The minimum Gasteiger partial charge on any atom is -0.459 e. The van der Waals surface area contributed by atoms with Crippen LogP contribution in [0.3, 0.4) is 0 Å². The van der Waals surface area contributed by atoms with Crippen molar-refractivity contribution in [3.05, 3.63) is 0 Å². The SMILES string of the molecule is CCC(Br)C(=O)OC(C)(C)C1CCNCC1. The van der Waals surface area contributed by atoms with Gasteiger partial charge in [-0.2, -0.15) is 0 Å². The molecule has 1 unspecified atom stereocenters. The summed E-state index contributed by atoms with van der Waals surface area (Å²) in [4.78, 5) is 11.6. The van der Waals surface area contributed by atoms with Crippen LogP contribution in [0, 0.1) is 5.92 Å². The summed E-state index contributed by atoms with van der Waals surface area (Å²) in [6.07, 6.45) is 2.93. The van der Waals surface area contributed by atoms with Crippen LogP contribution < -0.4 is 5.32 Å². The van der Waals surface area contributed by atoms with Crippen LogP contribution in [0.5, 0.6) is 0 Å². The summed E-state index contributed by atoms with van der Waals surface area (Å²) >= 11 is 3.33. The first kappa shape index (κ1) is 14.0. The minimum atomic E-state index is -0.347. The lowest BCUT2D eigenvalue weighted by Crippen LogP contribution is -2.43. The third-order valence-electron chi connectivity index (χ3n) is 3.30. The highest BCUT2D eigenvalue weighted by molar-refractivity contribution is 9.10. The summed E-state index contributed by atoms with van der Waals surface area (Å²) in [5.74, 6) is 0.334. The maximum absolute atomic E-state index is 11.7. The summed E-state index contributed by atoms with van der Waals surface area (Å²) < 4.78 is 5.62. The van der Waals surface area contributed by atoms with Gasteiger partial charge < -0.3 is 10.1 Å². The van der Waals surface area contributed by atoms with E-state index in [4.69, 9.17) is 4.74 Å². The van der Waals surface area contributed by atoms with Crippen molar-refractivity contribution in [1.82, 2.24) is 5.32 Å². The van der Waals surface area contributed by atoms with E-state index in [9.17, 15) is 4.79 Å².